The fourth-order valence-corrected chi connectivity index (χ4v) is 3.03. The quantitative estimate of drug-likeness (QED) is 0.259. The molecule has 0 aliphatic rings. The van der Waals surface area contributed by atoms with Crippen LogP contribution in [-0.2, 0) is 4.74 Å². The van der Waals surface area contributed by atoms with Gasteiger partial charge < -0.3 is 20.1 Å². The van der Waals surface area contributed by atoms with Crippen molar-refractivity contribution < 1.29 is 18.8 Å². The molecule has 0 bridgehead atoms. The lowest BCUT2D eigenvalue weighted by atomic mass is 9.95. The Bertz CT molecular complexity index is 988. The smallest absolute Gasteiger partial charge is 0.231 e. The largest absolute Gasteiger partial charge is 0.396 e. The van der Waals surface area contributed by atoms with E-state index in [1.807, 2.05) is 37.3 Å². The zero-order valence-corrected chi connectivity index (χ0v) is 17.4. The number of nitrogens with zero attached hydrogens (tertiary/aromatic N) is 2. The fraction of sp³-hybridized carbons (Fsp3) is 0.304. The number of nitrogens with two attached hydrogens (primary N) is 1. The molecular weight excluding hydrogens is 399 g/mol. The van der Waals surface area contributed by atoms with Crippen molar-refractivity contribution in [2.45, 2.75) is 19.3 Å². The Morgan fingerprint density at radius 1 is 1.23 bits per heavy atom. The van der Waals surface area contributed by atoms with Crippen molar-refractivity contribution in [1.82, 2.24) is 5.16 Å². The average Bonchev–Trinajstić information content (AvgIpc) is 3.24. The Balaban J connectivity index is 1.57. The summed E-state index contributed by atoms with van der Waals surface area (Å²) in [6, 6.07) is 16.2. The predicted molar refractivity (Wildman–Crippen MR) is 118 cm³/mol. The molecule has 7 nitrogen and oxygen atoms in total. The van der Waals surface area contributed by atoms with Gasteiger partial charge in [-0.15, -0.1) is 0 Å². The number of hydrogen-bond donors (Lipinski definition) is 3. The highest BCUT2D eigenvalue weighted by Crippen LogP contribution is 2.28. The second-order valence-corrected chi connectivity index (χ2v) is 7.02. The van der Waals surface area contributed by atoms with Gasteiger partial charge in [-0.05, 0) is 23.6 Å². The summed E-state index contributed by atoms with van der Waals surface area (Å²) in [4.78, 5) is 4.15. The predicted octanol–water partition coefficient (Wildman–Crippen LogP) is 3.76. The first-order valence-electron chi connectivity index (χ1n) is 10.2. The Kier molecular flexibility index (Phi) is 8.14. The van der Waals surface area contributed by atoms with Gasteiger partial charge in [-0.25, -0.2) is 4.39 Å². The summed E-state index contributed by atoms with van der Waals surface area (Å²) in [6.07, 6.45) is 0.600. The molecule has 1 unspecified atom stereocenters. The third kappa shape index (κ3) is 6.37. The number of aliphatic hydroxyl groups is 1. The van der Waals surface area contributed by atoms with E-state index in [4.69, 9.17) is 20.1 Å². The molecule has 31 heavy (non-hydrogen) atoms. The molecule has 164 valence electrons. The van der Waals surface area contributed by atoms with Gasteiger partial charge in [-0.1, -0.05) is 54.5 Å². The van der Waals surface area contributed by atoms with Crippen LogP contribution in [0.4, 0.5) is 10.3 Å². The lowest BCUT2D eigenvalue weighted by Crippen LogP contribution is -2.23. The van der Waals surface area contributed by atoms with E-state index in [2.05, 4.69) is 15.5 Å². The number of rotatable bonds is 10. The topological polar surface area (TPSA) is 106 Å². The molecule has 1 heterocycles. The van der Waals surface area contributed by atoms with Crippen molar-refractivity contribution in [3.05, 3.63) is 71.7 Å². The highest BCUT2D eigenvalue weighted by Gasteiger charge is 2.15. The van der Waals surface area contributed by atoms with Crippen LogP contribution in [0.1, 0.15) is 30.5 Å². The van der Waals surface area contributed by atoms with E-state index in [1.54, 1.807) is 18.2 Å². The van der Waals surface area contributed by atoms with Gasteiger partial charge in [-0.2, -0.15) is 0 Å². The maximum Gasteiger partial charge on any atom is 0.231 e. The number of guanidine groups is 1. The second-order valence-electron chi connectivity index (χ2n) is 7.02. The maximum atomic E-state index is 14.0. The first kappa shape index (κ1) is 22.5. The molecule has 0 fully saturated rings. The van der Waals surface area contributed by atoms with Gasteiger partial charge in [-0.3, -0.25) is 10.3 Å². The number of aromatic nitrogens is 1. The summed E-state index contributed by atoms with van der Waals surface area (Å²) in [7, 11) is 0. The lowest BCUT2D eigenvalue weighted by molar-refractivity contribution is 0.122. The van der Waals surface area contributed by atoms with Gasteiger partial charge in [0.25, 0.3) is 0 Å². The first-order chi connectivity index (χ1) is 15.1. The van der Waals surface area contributed by atoms with Crippen molar-refractivity contribution in [2.75, 3.05) is 31.7 Å². The molecule has 2 aromatic carbocycles. The average molecular weight is 426 g/mol. The molecule has 0 saturated carbocycles. The van der Waals surface area contributed by atoms with Gasteiger partial charge in [0.2, 0.25) is 5.88 Å². The fourth-order valence-electron chi connectivity index (χ4n) is 3.03. The van der Waals surface area contributed by atoms with Crippen LogP contribution in [0, 0.1) is 5.82 Å². The van der Waals surface area contributed by atoms with Crippen LogP contribution in [0.15, 0.2) is 64.1 Å². The summed E-state index contributed by atoms with van der Waals surface area (Å²) in [5, 5.41) is 15.7. The molecular formula is C23H27FN4O3. The maximum absolute atomic E-state index is 14.0. The van der Waals surface area contributed by atoms with Gasteiger partial charge in [0.1, 0.15) is 5.82 Å². The molecule has 0 spiro atoms. The molecule has 0 aliphatic carbocycles. The molecule has 0 amide bonds. The van der Waals surface area contributed by atoms with E-state index in [0.29, 0.717) is 37.6 Å². The first-order valence-corrected chi connectivity index (χ1v) is 10.2. The minimum Gasteiger partial charge on any atom is -0.396 e. The van der Waals surface area contributed by atoms with Crippen molar-refractivity contribution in [1.29, 1.82) is 0 Å². The third-order valence-corrected chi connectivity index (χ3v) is 4.78. The van der Waals surface area contributed by atoms with Crippen LogP contribution in [0.2, 0.25) is 0 Å². The van der Waals surface area contributed by atoms with Crippen LogP contribution in [0.5, 0.6) is 0 Å². The van der Waals surface area contributed by atoms with Crippen LogP contribution in [0.3, 0.4) is 0 Å². The van der Waals surface area contributed by atoms with E-state index in [9.17, 15) is 4.39 Å². The molecule has 0 aliphatic heterocycles. The zero-order valence-electron chi connectivity index (χ0n) is 17.4. The van der Waals surface area contributed by atoms with Gasteiger partial charge in [0.05, 0.1) is 18.8 Å². The van der Waals surface area contributed by atoms with Crippen LogP contribution in [0.25, 0.3) is 11.1 Å². The Morgan fingerprint density at radius 2 is 2.00 bits per heavy atom. The third-order valence-electron chi connectivity index (χ3n) is 4.78. The Morgan fingerprint density at radius 3 is 2.74 bits per heavy atom. The number of anilines is 1. The number of aliphatic hydroxyl groups excluding tert-OH is 1. The molecule has 1 atom stereocenters. The summed E-state index contributed by atoms with van der Waals surface area (Å²) in [5.41, 5.74) is 9.01. The molecule has 3 aromatic rings. The number of benzene rings is 2. The summed E-state index contributed by atoms with van der Waals surface area (Å²) in [5.74, 6) is 0.334. The van der Waals surface area contributed by atoms with Crippen LogP contribution in [-0.4, -0.2) is 42.6 Å². The van der Waals surface area contributed by atoms with Gasteiger partial charge in [0, 0.05) is 30.8 Å². The SMILES string of the molecule is CC(c1ccc(-c2ccccc2F)cc1)c1cc(NC(N)=NCCOCCCO)on1. The molecule has 3 rings (SSSR count). The van der Waals surface area contributed by atoms with Gasteiger partial charge >= 0.3 is 0 Å². The number of halogens is 1. The van der Waals surface area contributed by atoms with E-state index < -0.39 is 0 Å². The summed E-state index contributed by atoms with van der Waals surface area (Å²) >= 11 is 0. The van der Waals surface area contributed by atoms with Crippen molar-refractivity contribution in [3.8, 4) is 11.1 Å². The molecule has 4 N–H and O–H groups in total. The van der Waals surface area contributed by atoms with Crippen molar-refractivity contribution >= 4 is 11.8 Å². The summed E-state index contributed by atoms with van der Waals surface area (Å²) in [6.45, 7) is 3.43. The van der Waals surface area contributed by atoms with Gasteiger partial charge in [0.15, 0.2) is 5.96 Å². The zero-order chi connectivity index (χ0) is 22.1. The van der Waals surface area contributed by atoms with Crippen LogP contribution >= 0.6 is 0 Å². The highest BCUT2D eigenvalue weighted by molar-refractivity contribution is 5.90. The number of nitrogens with one attached hydrogen (secondary N) is 1. The summed E-state index contributed by atoms with van der Waals surface area (Å²) < 4.78 is 24.6. The Labute approximate surface area is 180 Å². The van der Waals surface area contributed by atoms with E-state index in [0.717, 1.165) is 16.8 Å². The number of aliphatic imine (C=N–C) groups is 1. The van der Waals surface area contributed by atoms with Crippen molar-refractivity contribution in [3.63, 3.8) is 0 Å². The lowest BCUT2D eigenvalue weighted by Gasteiger charge is -2.10. The molecule has 0 saturated heterocycles. The normalized spacial score (nSPS) is 12.7. The Hall–Kier alpha value is -3.23. The monoisotopic (exact) mass is 426 g/mol. The van der Waals surface area contributed by atoms with E-state index in [1.165, 1.54) is 6.07 Å². The molecule has 1 aromatic heterocycles. The minimum atomic E-state index is -0.244. The molecule has 0 radical (unpaired) electrons. The number of ether oxygens (including phenoxy) is 1. The second kappa shape index (κ2) is 11.2. The van der Waals surface area contributed by atoms with E-state index >= 15 is 0 Å². The number of hydrogen-bond acceptors (Lipinski definition) is 5. The molecule has 8 heteroatoms. The minimum absolute atomic E-state index is 0.0212. The van der Waals surface area contributed by atoms with Crippen LogP contribution < -0.4 is 11.1 Å². The highest BCUT2D eigenvalue weighted by atomic mass is 19.1. The standard InChI is InChI=1S/C23H27FN4O3/c1-16(17-7-9-18(10-8-17)19-5-2-3-6-20(19)24)21-15-22(31-28-21)27-23(25)26-11-14-30-13-4-12-29/h2-3,5-10,15-16,29H,4,11-14H2,1H3,(H3,25,26,27). The van der Waals surface area contributed by atoms with E-state index in [-0.39, 0.29) is 24.3 Å². The van der Waals surface area contributed by atoms with Crippen molar-refractivity contribution in [2.24, 2.45) is 10.7 Å².